The van der Waals surface area contributed by atoms with Gasteiger partial charge in [-0.05, 0) is 48.2 Å². The van der Waals surface area contributed by atoms with E-state index in [2.05, 4.69) is 5.43 Å². The first-order chi connectivity index (χ1) is 9.52. The number of nitrogens with two attached hydrogens (primary N) is 1. The predicted octanol–water partition coefficient (Wildman–Crippen LogP) is 4.70. The zero-order valence-electron chi connectivity index (χ0n) is 11.0. The number of rotatable bonds is 4. The van der Waals surface area contributed by atoms with E-state index in [1.54, 1.807) is 12.1 Å². The first kappa shape index (κ1) is 15.6. The number of aryl methyl sites for hydroxylation is 1. The summed E-state index contributed by atoms with van der Waals surface area (Å²) in [5.41, 5.74) is 5.69. The lowest BCUT2D eigenvalue weighted by molar-refractivity contribution is 0.552. The largest absolute Gasteiger partial charge is 0.271 e. The maximum atomic E-state index is 6.35. The molecule has 106 valence electrons. The summed E-state index contributed by atoms with van der Waals surface area (Å²) in [7, 11) is 0. The number of hydrogen-bond acceptors (Lipinski definition) is 2. The molecule has 0 aliphatic carbocycles. The second-order valence-electron chi connectivity index (χ2n) is 4.64. The standard InChI is InChI=1S/C15H15Cl3N2/c1-9-3-2-4-12(15(9)18)14(20-19)8-10-7-11(16)5-6-13(10)17/h2-7,14,20H,8,19H2,1H3. The Morgan fingerprint density at radius 3 is 2.60 bits per heavy atom. The van der Waals surface area contributed by atoms with E-state index in [4.69, 9.17) is 40.6 Å². The molecule has 2 aromatic carbocycles. The van der Waals surface area contributed by atoms with Crippen molar-refractivity contribution in [3.8, 4) is 0 Å². The molecule has 1 unspecified atom stereocenters. The van der Waals surface area contributed by atoms with Crippen LogP contribution in [0.1, 0.15) is 22.7 Å². The minimum atomic E-state index is -0.127. The summed E-state index contributed by atoms with van der Waals surface area (Å²) in [5.74, 6) is 5.68. The molecule has 0 aliphatic rings. The van der Waals surface area contributed by atoms with E-state index in [-0.39, 0.29) is 6.04 Å². The molecule has 0 saturated heterocycles. The van der Waals surface area contributed by atoms with Gasteiger partial charge in [-0.25, -0.2) is 0 Å². The van der Waals surface area contributed by atoms with Crippen LogP contribution in [-0.4, -0.2) is 0 Å². The Hall–Kier alpha value is -0.770. The van der Waals surface area contributed by atoms with Gasteiger partial charge in [0.25, 0.3) is 0 Å². The van der Waals surface area contributed by atoms with Gasteiger partial charge in [-0.1, -0.05) is 53.0 Å². The summed E-state index contributed by atoms with van der Waals surface area (Å²) < 4.78 is 0. The average Bonchev–Trinajstić information content (AvgIpc) is 2.43. The molecule has 3 N–H and O–H groups in total. The van der Waals surface area contributed by atoms with Crippen molar-refractivity contribution in [2.24, 2.45) is 5.84 Å². The van der Waals surface area contributed by atoms with Gasteiger partial charge < -0.3 is 0 Å². The van der Waals surface area contributed by atoms with Crippen molar-refractivity contribution in [1.82, 2.24) is 5.43 Å². The molecular formula is C15H15Cl3N2. The van der Waals surface area contributed by atoms with Crippen molar-refractivity contribution in [3.63, 3.8) is 0 Å². The molecular weight excluding hydrogens is 315 g/mol. The smallest absolute Gasteiger partial charge is 0.0515 e. The third kappa shape index (κ3) is 3.46. The predicted molar refractivity (Wildman–Crippen MR) is 86.4 cm³/mol. The van der Waals surface area contributed by atoms with Crippen LogP contribution in [0.15, 0.2) is 36.4 Å². The molecule has 2 aromatic rings. The second kappa shape index (κ2) is 6.79. The van der Waals surface area contributed by atoms with Crippen LogP contribution >= 0.6 is 34.8 Å². The van der Waals surface area contributed by atoms with Gasteiger partial charge in [-0.15, -0.1) is 0 Å². The Kier molecular flexibility index (Phi) is 5.30. The minimum absolute atomic E-state index is 0.127. The van der Waals surface area contributed by atoms with Crippen molar-refractivity contribution in [3.05, 3.63) is 68.2 Å². The van der Waals surface area contributed by atoms with Crippen LogP contribution in [0.4, 0.5) is 0 Å². The highest BCUT2D eigenvalue weighted by atomic mass is 35.5. The lowest BCUT2D eigenvalue weighted by atomic mass is 9.98. The van der Waals surface area contributed by atoms with Gasteiger partial charge in [-0.3, -0.25) is 11.3 Å². The maximum Gasteiger partial charge on any atom is 0.0515 e. The fourth-order valence-corrected chi connectivity index (χ4v) is 2.76. The van der Waals surface area contributed by atoms with Crippen LogP contribution in [0.2, 0.25) is 15.1 Å². The highest BCUT2D eigenvalue weighted by molar-refractivity contribution is 6.33. The maximum absolute atomic E-state index is 6.35. The molecule has 1 atom stereocenters. The van der Waals surface area contributed by atoms with Crippen LogP contribution in [0, 0.1) is 6.92 Å². The summed E-state index contributed by atoms with van der Waals surface area (Å²) in [6.07, 6.45) is 0.610. The van der Waals surface area contributed by atoms with Gasteiger partial charge in [0.2, 0.25) is 0 Å². The van der Waals surface area contributed by atoms with Crippen LogP contribution in [0.3, 0.4) is 0 Å². The number of halogens is 3. The summed E-state index contributed by atoms with van der Waals surface area (Å²) in [5, 5.41) is 2.03. The molecule has 0 fully saturated rings. The van der Waals surface area contributed by atoms with Crippen molar-refractivity contribution in [2.45, 2.75) is 19.4 Å². The first-order valence-electron chi connectivity index (χ1n) is 6.18. The van der Waals surface area contributed by atoms with Gasteiger partial charge in [0.1, 0.15) is 0 Å². The average molecular weight is 330 g/mol. The van der Waals surface area contributed by atoms with Crippen LogP contribution < -0.4 is 11.3 Å². The van der Waals surface area contributed by atoms with Gasteiger partial charge in [0.05, 0.1) is 6.04 Å². The van der Waals surface area contributed by atoms with Crippen LogP contribution in [0.25, 0.3) is 0 Å². The molecule has 0 bridgehead atoms. The highest BCUT2D eigenvalue weighted by Gasteiger charge is 2.16. The zero-order valence-corrected chi connectivity index (χ0v) is 13.2. The van der Waals surface area contributed by atoms with E-state index in [0.29, 0.717) is 21.5 Å². The Morgan fingerprint density at radius 2 is 1.90 bits per heavy atom. The van der Waals surface area contributed by atoms with E-state index in [1.165, 1.54) is 0 Å². The van der Waals surface area contributed by atoms with Gasteiger partial charge in [0, 0.05) is 15.1 Å². The van der Waals surface area contributed by atoms with Crippen molar-refractivity contribution < 1.29 is 0 Å². The molecule has 0 spiro atoms. The summed E-state index contributed by atoms with van der Waals surface area (Å²) in [4.78, 5) is 0. The third-order valence-electron chi connectivity index (χ3n) is 3.23. The minimum Gasteiger partial charge on any atom is -0.271 e. The molecule has 0 saturated carbocycles. The SMILES string of the molecule is Cc1cccc(C(Cc2cc(Cl)ccc2Cl)NN)c1Cl. The number of nitrogens with one attached hydrogen (secondary N) is 1. The molecule has 0 aliphatic heterocycles. The number of hydrazine groups is 1. The van der Waals surface area contributed by atoms with Gasteiger partial charge in [0.15, 0.2) is 0 Å². The molecule has 5 heteroatoms. The number of benzene rings is 2. The normalized spacial score (nSPS) is 12.4. The third-order valence-corrected chi connectivity index (χ3v) is 4.35. The van der Waals surface area contributed by atoms with Gasteiger partial charge in [-0.2, -0.15) is 0 Å². The summed E-state index contributed by atoms with van der Waals surface area (Å²) in [6, 6.07) is 11.1. The molecule has 2 nitrogen and oxygen atoms in total. The molecule has 0 amide bonds. The Labute approximate surface area is 133 Å². The Balaban J connectivity index is 2.34. The van der Waals surface area contributed by atoms with Crippen LogP contribution in [-0.2, 0) is 6.42 Å². The topological polar surface area (TPSA) is 38.0 Å². The molecule has 0 heterocycles. The fraction of sp³-hybridized carbons (Fsp3) is 0.200. The van der Waals surface area contributed by atoms with E-state index in [0.717, 1.165) is 16.7 Å². The summed E-state index contributed by atoms with van der Waals surface area (Å²) >= 11 is 18.6. The first-order valence-corrected chi connectivity index (χ1v) is 7.31. The van der Waals surface area contributed by atoms with Crippen molar-refractivity contribution in [1.29, 1.82) is 0 Å². The highest BCUT2D eigenvalue weighted by Crippen LogP contribution is 2.30. The quantitative estimate of drug-likeness (QED) is 0.630. The van der Waals surface area contributed by atoms with E-state index < -0.39 is 0 Å². The number of hydrogen-bond donors (Lipinski definition) is 2. The summed E-state index contributed by atoms with van der Waals surface area (Å²) in [6.45, 7) is 1.96. The Morgan fingerprint density at radius 1 is 1.15 bits per heavy atom. The lowest BCUT2D eigenvalue weighted by Gasteiger charge is -2.19. The van der Waals surface area contributed by atoms with Crippen molar-refractivity contribution in [2.75, 3.05) is 0 Å². The molecule has 20 heavy (non-hydrogen) atoms. The van der Waals surface area contributed by atoms with Crippen LogP contribution in [0.5, 0.6) is 0 Å². The molecule has 0 radical (unpaired) electrons. The molecule has 2 rings (SSSR count). The monoisotopic (exact) mass is 328 g/mol. The molecule has 0 aromatic heterocycles. The van der Waals surface area contributed by atoms with Crippen molar-refractivity contribution >= 4 is 34.8 Å². The van der Waals surface area contributed by atoms with Gasteiger partial charge >= 0.3 is 0 Å². The van der Waals surface area contributed by atoms with E-state index >= 15 is 0 Å². The van der Waals surface area contributed by atoms with E-state index in [1.807, 2.05) is 31.2 Å². The van der Waals surface area contributed by atoms with E-state index in [9.17, 15) is 0 Å². The Bertz CT molecular complexity index is 614. The lowest BCUT2D eigenvalue weighted by Crippen LogP contribution is -2.30. The second-order valence-corrected chi connectivity index (χ2v) is 5.86. The fourth-order valence-electron chi connectivity index (χ4n) is 2.12. The zero-order chi connectivity index (χ0) is 14.7.